The van der Waals surface area contributed by atoms with E-state index in [4.69, 9.17) is 11.6 Å². The third kappa shape index (κ3) is 3.95. The minimum atomic E-state index is 0.750. The number of piperazine rings is 1. The maximum absolute atomic E-state index is 5.91. The molecule has 19 heavy (non-hydrogen) atoms. The smallest absolute Gasteiger partial charge is 0.0660 e. The number of rotatable bonds is 3. The van der Waals surface area contributed by atoms with Crippen molar-refractivity contribution in [2.45, 2.75) is 13.8 Å². The molecule has 2 aliphatic rings. The van der Waals surface area contributed by atoms with E-state index < -0.39 is 0 Å². The lowest BCUT2D eigenvalue weighted by molar-refractivity contribution is 0.167. The first kappa shape index (κ1) is 14.4. The molecule has 104 valence electrons. The highest BCUT2D eigenvalue weighted by atomic mass is 35.5. The lowest BCUT2D eigenvalue weighted by atomic mass is 10.1. The number of hydrogen-bond donors (Lipinski definition) is 0. The van der Waals surface area contributed by atoms with Crippen LogP contribution in [0.3, 0.4) is 0 Å². The summed E-state index contributed by atoms with van der Waals surface area (Å²) in [7, 11) is 0. The molecule has 0 amide bonds. The summed E-state index contributed by atoms with van der Waals surface area (Å²) in [5.74, 6) is 0. The maximum atomic E-state index is 5.91. The predicted molar refractivity (Wildman–Crippen MR) is 82.8 cm³/mol. The molecule has 0 N–H and O–H groups in total. The van der Waals surface area contributed by atoms with Gasteiger partial charge in [0.05, 0.1) is 6.54 Å². The van der Waals surface area contributed by atoms with Gasteiger partial charge in [-0.1, -0.05) is 24.6 Å². The third-order valence-electron chi connectivity index (χ3n) is 3.60. The molecule has 0 bridgehead atoms. The second-order valence-corrected chi connectivity index (χ2v) is 5.50. The van der Waals surface area contributed by atoms with Gasteiger partial charge in [0.15, 0.2) is 0 Å². The molecule has 0 saturated carbocycles. The minimum Gasteiger partial charge on any atom is -0.369 e. The van der Waals surface area contributed by atoms with E-state index in [1.54, 1.807) is 0 Å². The second kappa shape index (κ2) is 6.92. The molecule has 2 aliphatic heterocycles. The number of nitrogens with zero attached hydrogens (tertiary/aromatic N) is 3. The summed E-state index contributed by atoms with van der Waals surface area (Å²) >= 11 is 5.91. The predicted octanol–water partition coefficient (Wildman–Crippen LogP) is 2.66. The van der Waals surface area contributed by atoms with Crippen LogP contribution in [0.5, 0.6) is 0 Å². The van der Waals surface area contributed by atoms with E-state index in [-0.39, 0.29) is 0 Å². The fourth-order valence-electron chi connectivity index (χ4n) is 2.43. The molecule has 0 unspecified atom stereocenters. The zero-order chi connectivity index (χ0) is 13.7. The molecule has 2 heterocycles. The summed E-state index contributed by atoms with van der Waals surface area (Å²) in [5.41, 5.74) is 2.56. The van der Waals surface area contributed by atoms with Crippen LogP contribution in [0.2, 0.25) is 0 Å². The molecule has 3 nitrogen and oxygen atoms in total. The quantitative estimate of drug-likeness (QED) is 0.791. The third-order valence-corrected chi connectivity index (χ3v) is 3.73. The highest BCUT2D eigenvalue weighted by Gasteiger charge is 2.20. The summed E-state index contributed by atoms with van der Waals surface area (Å²) < 4.78 is 0. The Hall–Kier alpha value is -1.06. The summed E-state index contributed by atoms with van der Waals surface area (Å²) in [6.07, 6.45) is 8.08. The van der Waals surface area contributed by atoms with Crippen molar-refractivity contribution in [1.29, 1.82) is 0 Å². The van der Waals surface area contributed by atoms with Crippen molar-refractivity contribution in [3.05, 3.63) is 34.5 Å². The largest absolute Gasteiger partial charge is 0.369 e. The first-order valence-electron chi connectivity index (χ1n) is 6.91. The van der Waals surface area contributed by atoms with Gasteiger partial charge in [-0.3, -0.25) is 4.99 Å². The fourth-order valence-corrected chi connectivity index (χ4v) is 2.49. The molecule has 0 atom stereocenters. The molecule has 0 aliphatic carbocycles. The number of hydrogen-bond acceptors (Lipinski definition) is 3. The molecule has 0 aromatic carbocycles. The molecular formula is C15H22ClN3. The second-order valence-electron chi connectivity index (χ2n) is 4.91. The molecule has 1 saturated heterocycles. The van der Waals surface area contributed by atoms with Gasteiger partial charge in [0.25, 0.3) is 0 Å². The van der Waals surface area contributed by atoms with E-state index in [2.05, 4.69) is 33.9 Å². The molecule has 0 aromatic heterocycles. The van der Waals surface area contributed by atoms with Crippen molar-refractivity contribution >= 4 is 17.8 Å². The van der Waals surface area contributed by atoms with Crippen molar-refractivity contribution < 1.29 is 0 Å². The summed E-state index contributed by atoms with van der Waals surface area (Å²) in [4.78, 5) is 9.28. The summed E-state index contributed by atoms with van der Waals surface area (Å²) in [6.45, 7) is 10.5. The van der Waals surface area contributed by atoms with Gasteiger partial charge in [-0.05, 0) is 31.2 Å². The van der Waals surface area contributed by atoms with Crippen molar-refractivity contribution in [2.75, 3.05) is 39.3 Å². The zero-order valence-corrected chi connectivity index (χ0v) is 12.5. The van der Waals surface area contributed by atoms with Gasteiger partial charge in [-0.2, -0.15) is 0 Å². The highest BCUT2D eigenvalue weighted by Crippen LogP contribution is 2.20. The van der Waals surface area contributed by atoms with E-state index in [1.807, 2.05) is 19.2 Å². The lowest BCUT2D eigenvalue weighted by Crippen LogP contribution is -2.46. The first-order valence-corrected chi connectivity index (χ1v) is 7.29. The van der Waals surface area contributed by atoms with Crippen LogP contribution in [-0.4, -0.2) is 55.3 Å². The van der Waals surface area contributed by atoms with E-state index in [9.17, 15) is 0 Å². The van der Waals surface area contributed by atoms with Crippen molar-refractivity contribution in [2.24, 2.45) is 4.99 Å². The van der Waals surface area contributed by atoms with Crippen LogP contribution in [0.15, 0.2) is 39.5 Å². The van der Waals surface area contributed by atoms with Crippen LogP contribution < -0.4 is 0 Å². The van der Waals surface area contributed by atoms with Gasteiger partial charge in [-0.15, -0.1) is 0 Å². The number of likely N-dealkylation sites (N-methyl/N-ethyl adjacent to an activating group) is 1. The van der Waals surface area contributed by atoms with E-state index >= 15 is 0 Å². The van der Waals surface area contributed by atoms with Crippen LogP contribution in [0, 0.1) is 0 Å². The van der Waals surface area contributed by atoms with Gasteiger partial charge in [0.2, 0.25) is 0 Å². The van der Waals surface area contributed by atoms with Gasteiger partial charge in [0.1, 0.15) is 0 Å². The van der Waals surface area contributed by atoms with E-state index in [0.717, 1.165) is 44.3 Å². The van der Waals surface area contributed by atoms with Crippen LogP contribution in [-0.2, 0) is 0 Å². The Morgan fingerprint density at radius 2 is 2.11 bits per heavy atom. The number of allylic oxidation sites excluding steroid dienone is 4. The highest BCUT2D eigenvalue weighted by molar-refractivity contribution is 6.29. The van der Waals surface area contributed by atoms with Gasteiger partial charge < -0.3 is 9.80 Å². The van der Waals surface area contributed by atoms with Crippen molar-refractivity contribution in [1.82, 2.24) is 9.80 Å². The Morgan fingerprint density at radius 1 is 1.37 bits per heavy atom. The Bertz CT molecular complexity index is 423. The van der Waals surface area contributed by atoms with Crippen molar-refractivity contribution in [3.63, 3.8) is 0 Å². The average Bonchev–Trinajstić information content (AvgIpc) is 2.45. The summed E-state index contributed by atoms with van der Waals surface area (Å²) in [6, 6.07) is 0. The van der Waals surface area contributed by atoms with Gasteiger partial charge >= 0.3 is 0 Å². The Labute approximate surface area is 120 Å². The van der Waals surface area contributed by atoms with E-state index in [1.165, 1.54) is 11.3 Å². The Kier molecular flexibility index (Phi) is 5.23. The normalized spacial score (nSPS) is 23.9. The standard InChI is InChI=1S/C15H22ClN3/c1-3-18-8-10-19(11-9-18)15-6-7-17-12-14(15)5-4-13(2)16/h4-7H,3,8-12H2,1-2H3/b13-4+,14-5+. The number of halogens is 1. The van der Waals surface area contributed by atoms with Crippen LogP contribution in [0.1, 0.15) is 13.8 Å². The first-order chi connectivity index (χ1) is 9.20. The SMILES string of the molecule is CCN1CCN(C2=CC=NC/C2=C\C=C(/C)Cl)CC1. The van der Waals surface area contributed by atoms with Crippen LogP contribution >= 0.6 is 11.6 Å². The maximum Gasteiger partial charge on any atom is 0.0660 e. The number of aliphatic imine (C=N–C) groups is 1. The molecule has 2 rings (SSSR count). The van der Waals surface area contributed by atoms with Crippen LogP contribution in [0.25, 0.3) is 0 Å². The van der Waals surface area contributed by atoms with Crippen molar-refractivity contribution in [3.8, 4) is 0 Å². The fraction of sp³-hybridized carbons (Fsp3) is 0.533. The molecule has 4 heteroatoms. The topological polar surface area (TPSA) is 18.8 Å². The average molecular weight is 280 g/mol. The minimum absolute atomic E-state index is 0.750. The van der Waals surface area contributed by atoms with Crippen LogP contribution in [0.4, 0.5) is 0 Å². The molecule has 0 radical (unpaired) electrons. The Morgan fingerprint density at radius 3 is 2.74 bits per heavy atom. The Balaban J connectivity index is 2.08. The molecule has 1 fully saturated rings. The van der Waals surface area contributed by atoms with Gasteiger partial charge in [0, 0.05) is 43.1 Å². The number of dihydropyridines is 1. The zero-order valence-electron chi connectivity index (χ0n) is 11.8. The molecular weight excluding hydrogens is 258 g/mol. The van der Waals surface area contributed by atoms with E-state index in [0.29, 0.717) is 0 Å². The monoisotopic (exact) mass is 279 g/mol. The lowest BCUT2D eigenvalue weighted by Gasteiger charge is -2.37. The van der Waals surface area contributed by atoms with Gasteiger partial charge in [-0.25, -0.2) is 0 Å². The molecule has 0 spiro atoms. The summed E-state index contributed by atoms with van der Waals surface area (Å²) in [5, 5.41) is 0.803. The molecule has 0 aromatic rings.